The lowest BCUT2D eigenvalue weighted by Crippen LogP contribution is -2.17. The third-order valence-corrected chi connectivity index (χ3v) is 2.60. The molecule has 0 bridgehead atoms. The van der Waals surface area contributed by atoms with Crippen LogP contribution in [-0.4, -0.2) is 12.4 Å². The molecule has 1 radical (unpaired) electrons. The Morgan fingerprint density at radius 1 is 1.43 bits per heavy atom. The highest BCUT2D eigenvalue weighted by Gasteiger charge is 2.20. The van der Waals surface area contributed by atoms with Crippen molar-refractivity contribution in [1.82, 2.24) is 5.32 Å². The molecule has 2 rings (SSSR count). The Kier molecular flexibility index (Phi) is 2.50. The van der Waals surface area contributed by atoms with Gasteiger partial charge in [0, 0.05) is 12.1 Å². The van der Waals surface area contributed by atoms with Gasteiger partial charge < -0.3 is 5.73 Å². The van der Waals surface area contributed by atoms with E-state index in [1.807, 2.05) is 24.3 Å². The Bertz CT molecular complexity index is 340. The average molecular weight is 188 g/mol. The highest BCUT2D eigenvalue weighted by molar-refractivity contribution is 5.96. The van der Waals surface area contributed by atoms with Crippen LogP contribution in [0.1, 0.15) is 30.0 Å². The van der Waals surface area contributed by atoms with E-state index in [4.69, 9.17) is 11.1 Å². The van der Waals surface area contributed by atoms with Crippen LogP contribution in [0.5, 0.6) is 0 Å². The first kappa shape index (κ1) is 9.21. The number of benzene rings is 1. The van der Waals surface area contributed by atoms with Crippen LogP contribution >= 0.6 is 0 Å². The summed E-state index contributed by atoms with van der Waals surface area (Å²) in [6.07, 6.45) is 2.24. The largest absolute Gasteiger partial charge is 0.384 e. The highest BCUT2D eigenvalue weighted by Crippen LogP contribution is 2.26. The van der Waals surface area contributed by atoms with Gasteiger partial charge in [-0.05, 0) is 18.4 Å². The van der Waals surface area contributed by atoms with Gasteiger partial charge in [-0.1, -0.05) is 24.3 Å². The molecule has 0 saturated carbocycles. The second kappa shape index (κ2) is 3.80. The van der Waals surface area contributed by atoms with Crippen LogP contribution in [0.3, 0.4) is 0 Å². The SMILES string of the molecule is N=C(N)c1ccccc1C1CCC[N]1. The zero-order valence-electron chi connectivity index (χ0n) is 8.03. The molecule has 1 aromatic carbocycles. The topological polar surface area (TPSA) is 64.0 Å². The van der Waals surface area contributed by atoms with E-state index in [0.29, 0.717) is 0 Å². The maximum absolute atomic E-state index is 7.48. The van der Waals surface area contributed by atoms with Crippen molar-refractivity contribution in [2.24, 2.45) is 5.73 Å². The fourth-order valence-corrected chi connectivity index (χ4v) is 1.91. The summed E-state index contributed by atoms with van der Waals surface area (Å²) in [5.41, 5.74) is 7.47. The lowest BCUT2D eigenvalue weighted by atomic mass is 9.98. The second-order valence-corrected chi connectivity index (χ2v) is 3.57. The number of nitrogen functional groups attached to an aromatic ring is 1. The predicted octanol–water partition coefficient (Wildman–Crippen LogP) is 1.41. The molecule has 1 atom stereocenters. The van der Waals surface area contributed by atoms with Crippen LogP contribution < -0.4 is 11.1 Å². The minimum Gasteiger partial charge on any atom is -0.384 e. The van der Waals surface area contributed by atoms with Gasteiger partial charge in [0.1, 0.15) is 5.84 Å². The van der Waals surface area contributed by atoms with Crippen molar-refractivity contribution in [2.45, 2.75) is 18.9 Å². The average Bonchev–Trinajstić information content (AvgIpc) is 2.70. The summed E-state index contributed by atoms with van der Waals surface area (Å²) >= 11 is 0. The van der Waals surface area contributed by atoms with Gasteiger partial charge in [-0.2, -0.15) is 0 Å². The van der Waals surface area contributed by atoms with Gasteiger partial charge >= 0.3 is 0 Å². The number of amidine groups is 1. The van der Waals surface area contributed by atoms with Crippen molar-refractivity contribution in [2.75, 3.05) is 6.54 Å². The lowest BCUT2D eigenvalue weighted by Gasteiger charge is -2.13. The van der Waals surface area contributed by atoms with Gasteiger partial charge in [0.25, 0.3) is 0 Å². The number of nitrogens with one attached hydrogen (secondary N) is 1. The molecule has 0 amide bonds. The molecule has 1 unspecified atom stereocenters. The van der Waals surface area contributed by atoms with Gasteiger partial charge in [-0.25, -0.2) is 5.32 Å². The molecular formula is C11H14N3. The minimum absolute atomic E-state index is 0.141. The number of rotatable bonds is 2. The van der Waals surface area contributed by atoms with Crippen LogP contribution in [0.25, 0.3) is 0 Å². The van der Waals surface area contributed by atoms with Crippen molar-refractivity contribution in [1.29, 1.82) is 5.41 Å². The van der Waals surface area contributed by atoms with Crippen LogP contribution in [0, 0.1) is 5.41 Å². The Morgan fingerprint density at radius 3 is 2.86 bits per heavy atom. The Hall–Kier alpha value is -1.35. The molecule has 3 nitrogen and oxygen atoms in total. The first-order valence-electron chi connectivity index (χ1n) is 4.89. The zero-order chi connectivity index (χ0) is 9.97. The van der Waals surface area contributed by atoms with Gasteiger partial charge in [0.2, 0.25) is 0 Å². The van der Waals surface area contributed by atoms with Crippen molar-refractivity contribution in [3.63, 3.8) is 0 Å². The van der Waals surface area contributed by atoms with Crippen molar-refractivity contribution < 1.29 is 0 Å². The van der Waals surface area contributed by atoms with E-state index in [1.165, 1.54) is 0 Å². The molecular weight excluding hydrogens is 174 g/mol. The van der Waals surface area contributed by atoms with E-state index < -0.39 is 0 Å². The Morgan fingerprint density at radius 2 is 2.21 bits per heavy atom. The molecule has 1 aliphatic heterocycles. The number of hydrogen-bond acceptors (Lipinski definition) is 1. The van der Waals surface area contributed by atoms with Gasteiger partial charge in [-0.3, -0.25) is 5.41 Å². The summed E-state index contributed by atoms with van der Waals surface area (Å²) in [4.78, 5) is 0. The van der Waals surface area contributed by atoms with Crippen LogP contribution in [0.15, 0.2) is 24.3 Å². The standard InChI is InChI=1S/C11H14N3/c12-11(13)9-5-2-1-4-8(9)10-6-3-7-14-10/h1-2,4-5,10H,3,6-7H2,(H3,12,13). The quantitative estimate of drug-likeness (QED) is 0.535. The molecule has 1 aromatic rings. The van der Waals surface area contributed by atoms with Crippen LogP contribution in [-0.2, 0) is 0 Å². The number of nitrogens with zero attached hydrogens (tertiary/aromatic N) is 1. The van der Waals surface area contributed by atoms with Gasteiger partial charge in [0.15, 0.2) is 0 Å². The van der Waals surface area contributed by atoms with Crippen LogP contribution in [0.2, 0.25) is 0 Å². The molecule has 1 fully saturated rings. The Labute approximate surface area is 83.8 Å². The van der Waals surface area contributed by atoms with E-state index in [-0.39, 0.29) is 11.9 Å². The summed E-state index contributed by atoms with van der Waals surface area (Å²) in [7, 11) is 0. The van der Waals surface area contributed by atoms with Crippen molar-refractivity contribution >= 4 is 5.84 Å². The molecule has 3 heteroatoms. The first-order chi connectivity index (χ1) is 6.79. The molecule has 14 heavy (non-hydrogen) atoms. The van der Waals surface area contributed by atoms with Gasteiger partial charge in [0.05, 0.1) is 6.04 Å². The van der Waals surface area contributed by atoms with E-state index in [0.717, 1.165) is 30.5 Å². The normalized spacial score (nSPS) is 21.0. The minimum atomic E-state index is 0.141. The fourth-order valence-electron chi connectivity index (χ4n) is 1.91. The first-order valence-corrected chi connectivity index (χ1v) is 4.89. The summed E-state index contributed by atoms with van der Waals surface area (Å²) < 4.78 is 0. The van der Waals surface area contributed by atoms with E-state index >= 15 is 0 Å². The fraction of sp³-hybridized carbons (Fsp3) is 0.364. The summed E-state index contributed by atoms with van der Waals surface area (Å²) in [5.74, 6) is 0.141. The highest BCUT2D eigenvalue weighted by atomic mass is 14.9. The van der Waals surface area contributed by atoms with E-state index in [9.17, 15) is 0 Å². The molecule has 0 aromatic heterocycles. The third-order valence-electron chi connectivity index (χ3n) is 2.60. The third kappa shape index (κ3) is 1.63. The van der Waals surface area contributed by atoms with Gasteiger partial charge in [-0.15, -0.1) is 0 Å². The molecule has 3 N–H and O–H groups in total. The summed E-state index contributed by atoms with van der Waals surface area (Å²) in [6.45, 7) is 0.941. The zero-order valence-corrected chi connectivity index (χ0v) is 8.03. The molecule has 73 valence electrons. The maximum atomic E-state index is 7.48. The van der Waals surface area contributed by atoms with E-state index in [1.54, 1.807) is 0 Å². The monoisotopic (exact) mass is 188 g/mol. The number of hydrogen-bond donors (Lipinski definition) is 2. The van der Waals surface area contributed by atoms with E-state index in [2.05, 4.69) is 5.32 Å². The molecule has 0 aliphatic carbocycles. The molecule has 1 saturated heterocycles. The molecule has 0 spiro atoms. The predicted molar refractivity (Wildman–Crippen MR) is 56.4 cm³/mol. The lowest BCUT2D eigenvalue weighted by molar-refractivity contribution is 0.634. The smallest absolute Gasteiger partial charge is 0.123 e. The molecule has 1 aliphatic rings. The van der Waals surface area contributed by atoms with Crippen molar-refractivity contribution in [3.8, 4) is 0 Å². The summed E-state index contributed by atoms with van der Waals surface area (Å²) in [5, 5.41) is 12.0. The molecule has 1 heterocycles. The second-order valence-electron chi connectivity index (χ2n) is 3.57. The Balaban J connectivity index is 2.35. The number of nitrogens with two attached hydrogens (primary N) is 1. The van der Waals surface area contributed by atoms with Crippen molar-refractivity contribution in [3.05, 3.63) is 35.4 Å². The maximum Gasteiger partial charge on any atom is 0.123 e. The summed E-state index contributed by atoms with van der Waals surface area (Å²) in [6, 6.07) is 8.07. The van der Waals surface area contributed by atoms with Crippen LogP contribution in [0.4, 0.5) is 0 Å².